The largest absolute Gasteiger partial charge is 0.486 e. The van der Waals surface area contributed by atoms with E-state index < -0.39 is 6.10 Å². The lowest BCUT2D eigenvalue weighted by Crippen LogP contribution is -2.52. The van der Waals surface area contributed by atoms with Gasteiger partial charge in [0.1, 0.15) is 11.9 Å². The first kappa shape index (κ1) is 13.1. The number of ether oxygens (including phenoxy) is 2. The third-order valence-electron chi connectivity index (χ3n) is 3.59. The molecule has 0 heterocycles. The highest BCUT2D eigenvalue weighted by molar-refractivity contribution is 5.91. The molecule has 0 N–H and O–H groups in total. The van der Waals surface area contributed by atoms with Crippen LogP contribution in [0.15, 0.2) is 42.5 Å². The average Bonchev–Trinajstić information content (AvgIpc) is 2.47. The lowest BCUT2D eigenvalue weighted by Gasteiger charge is -2.34. The van der Waals surface area contributed by atoms with Crippen LogP contribution in [0, 0.1) is 0 Å². The van der Waals surface area contributed by atoms with Crippen LogP contribution in [0.5, 0.6) is 5.75 Å². The smallest absolute Gasteiger partial charge is 0.169 e. The molecule has 0 amide bonds. The number of hydrogen-bond donors (Lipinski definition) is 0. The van der Waals surface area contributed by atoms with Gasteiger partial charge in [-0.1, -0.05) is 43.3 Å². The van der Waals surface area contributed by atoms with Crippen LogP contribution in [0.4, 0.5) is 0 Å². The maximum atomic E-state index is 11.6. The number of hydrogen-bond acceptors (Lipinski definition) is 3. The summed E-state index contributed by atoms with van der Waals surface area (Å²) in [4.78, 5) is 11.6. The Balaban J connectivity index is 1.78. The van der Waals surface area contributed by atoms with E-state index >= 15 is 0 Å². The van der Waals surface area contributed by atoms with Crippen LogP contribution in [0.3, 0.4) is 0 Å². The van der Waals surface area contributed by atoms with Gasteiger partial charge in [0.15, 0.2) is 11.9 Å². The fraction of sp³-hybridized carbons (Fsp3) is 0.353. The highest BCUT2D eigenvalue weighted by atomic mass is 16.5. The summed E-state index contributed by atoms with van der Waals surface area (Å²) in [5.41, 5.74) is 0. The van der Waals surface area contributed by atoms with Gasteiger partial charge in [-0.2, -0.15) is 0 Å². The number of rotatable bonds is 5. The molecule has 3 heteroatoms. The van der Waals surface area contributed by atoms with E-state index in [1.807, 2.05) is 37.3 Å². The van der Waals surface area contributed by atoms with Crippen molar-refractivity contribution in [3.8, 4) is 5.75 Å². The monoisotopic (exact) mass is 270 g/mol. The summed E-state index contributed by atoms with van der Waals surface area (Å²) in [7, 11) is 0. The van der Waals surface area contributed by atoms with E-state index in [1.165, 1.54) is 0 Å². The van der Waals surface area contributed by atoms with Gasteiger partial charge in [-0.3, -0.25) is 4.79 Å². The molecule has 2 unspecified atom stereocenters. The van der Waals surface area contributed by atoms with E-state index in [4.69, 9.17) is 9.47 Å². The maximum absolute atomic E-state index is 11.6. The quantitative estimate of drug-likeness (QED) is 0.835. The standard InChI is InChI=1S/C17H18O3/c1-2-10-19-17-14(18)11-16(17)20-15-9-5-7-12-6-3-4-8-13(12)15/h3-9,16-17H,2,10-11H2,1H3. The summed E-state index contributed by atoms with van der Waals surface area (Å²) in [6.45, 7) is 2.63. The Bertz CT molecular complexity index is 615. The molecule has 2 aromatic carbocycles. The highest BCUT2D eigenvalue weighted by Gasteiger charge is 2.42. The summed E-state index contributed by atoms with van der Waals surface area (Å²) in [5.74, 6) is 0.967. The van der Waals surface area contributed by atoms with Gasteiger partial charge in [0.2, 0.25) is 0 Å². The van der Waals surface area contributed by atoms with Crippen LogP contribution in [-0.4, -0.2) is 24.6 Å². The molecule has 1 aliphatic carbocycles. The van der Waals surface area contributed by atoms with Crippen molar-refractivity contribution < 1.29 is 14.3 Å². The zero-order chi connectivity index (χ0) is 13.9. The molecule has 3 nitrogen and oxygen atoms in total. The first-order valence-electron chi connectivity index (χ1n) is 7.08. The fourth-order valence-corrected chi connectivity index (χ4v) is 2.48. The average molecular weight is 270 g/mol. The minimum absolute atomic E-state index is 0.142. The van der Waals surface area contributed by atoms with Crippen LogP contribution in [-0.2, 0) is 9.53 Å². The Morgan fingerprint density at radius 2 is 1.95 bits per heavy atom. The minimum atomic E-state index is -0.395. The number of carbonyl (C=O) groups is 1. The summed E-state index contributed by atoms with van der Waals surface area (Å²) in [6, 6.07) is 14.1. The predicted octanol–water partition coefficient (Wildman–Crippen LogP) is 3.36. The van der Waals surface area contributed by atoms with Crippen molar-refractivity contribution in [3.63, 3.8) is 0 Å². The molecule has 0 spiro atoms. The molecule has 1 aliphatic rings. The topological polar surface area (TPSA) is 35.5 Å². The van der Waals surface area contributed by atoms with Crippen molar-refractivity contribution in [3.05, 3.63) is 42.5 Å². The molecule has 3 rings (SSSR count). The second-order valence-corrected chi connectivity index (χ2v) is 5.10. The molecule has 0 aromatic heterocycles. The molecule has 2 aromatic rings. The Kier molecular flexibility index (Phi) is 3.70. The summed E-state index contributed by atoms with van der Waals surface area (Å²) < 4.78 is 11.6. The molecule has 1 fully saturated rings. The summed E-state index contributed by atoms with van der Waals surface area (Å²) in [6.07, 6.45) is 0.802. The molecule has 2 atom stereocenters. The Morgan fingerprint density at radius 1 is 1.15 bits per heavy atom. The zero-order valence-electron chi connectivity index (χ0n) is 11.5. The van der Waals surface area contributed by atoms with Gasteiger partial charge < -0.3 is 9.47 Å². The van der Waals surface area contributed by atoms with Gasteiger partial charge in [0.25, 0.3) is 0 Å². The molecular weight excluding hydrogens is 252 g/mol. The van der Waals surface area contributed by atoms with Gasteiger partial charge in [-0.05, 0) is 17.9 Å². The van der Waals surface area contributed by atoms with Crippen molar-refractivity contribution in [1.82, 2.24) is 0 Å². The number of ketones is 1. The van der Waals surface area contributed by atoms with Gasteiger partial charge >= 0.3 is 0 Å². The zero-order valence-corrected chi connectivity index (χ0v) is 11.5. The molecule has 0 aliphatic heterocycles. The first-order valence-corrected chi connectivity index (χ1v) is 7.08. The molecular formula is C17H18O3. The van der Waals surface area contributed by atoms with Crippen molar-refractivity contribution in [2.75, 3.05) is 6.61 Å². The van der Waals surface area contributed by atoms with E-state index in [0.29, 0.717) is 13.0 Å². The van der Waals surface area contributed by atoms with Gasteiger partial charge in [0.05, 0.1) is 0 Å². The Morgan fingerprint density at radius 3 is 2.75 bits per heavy atom. The van der Waals surface area contributed by atoms with Crippen LogP contribution in [0.25, 0.3) is 10.8 Å². The number of benzene rings is 2. The fourth-order valence-electron chi connectivity index (χ4n) is 2.48. The van der Waals surface area contributed by atoms with E-state index in [9.17, 15) is 4.79 Å². The molecule has 104 valence electrons. The SMILES string of the molecule is CCCOC1C(=O)CC1Oc1cccc2ccccc12. The molecule has 0 bridgehead atoms. The van der Waals surface area contributed by atoms with Crippen LogP contribution in [0.1, 0.15) is 19.8 Å². The predicted molar refractivity (Wildman–Crippen MR) is 78.0 cm³/mol. The second kappa shape index (κ2) is 5.63. The van der Waals surface area contributed by atoms with Crippen LogP contribution < -0.4 is 4.74 Å². The van der Waals surface area contributed by atoms with Gasteiger partial charge in [-0.25, -0.2) is 0 Å². The third-order valence-corrected chi connectivity index (χ3v) is 3.59. The van der Waals surface area contributed by atoms with Crippen LogP contribution >= 0.6 is 0 Å². The maximum Gasteiger partial charge on any atom is 0.169 e. The summed E-state index contributed by atoms with van der Waals surface area (Å²) in [5, 5.41) is 2.21. The lowest BCUT2D eigenvalue weighted by atomic mass is 9.89. The van der Waals surface area contributed by atoms with Gasteiger partial charge in [0, 0.05) is 18.4 Å². The first-order chi connectivity index (χ1) is 9.79. The molecule has 0 radical (unpaired) electrons. The highest BCUT2D eigenvalue weighted by Crippen LogP contribution is 2.31. The van der Waals surface area contributed by atoms with E-state index in [-0.39, 0.29) is 11.9 Å². The molecule has 0 saturated heterocycles. The molecule has 1 saturated carbocycles. The summed E-state index contributed by atoms with van der Waals surface area (Å²) >= 11 is 0. The van der Waals surface area contributed by atoms with Crippen molar-refractivity contribution >= 4 is 16.6 Å². The van der Waals surface area contributed by atoms with Crippen molar-refractivity contribution in [2.24, 2.45) is 0 Å². The lowest BCUT2D eigenvalue weighted by molar-refractivity contribution is -0.154. The minimum Gasteiger partial charge on any atom is -0.486 e. The third kappa shape index (κ3) is 2.41. The Hall–Kier alpha value is -1.87. The van der Waals surface area contributed by atoms with Crippen molar-refractivity contribution in [1.29, 1.82) is 0 Å². The van der Waals surface area contributed by atoms with E-state index in [1.54, 1.807) is 0 Å². The number of fused-ring (bicyclic) bond motifs is 1. The van der Waals surface area contributed by atoms with E-state index in [0.717, 1.165) is 22.9 Å². The molecule has 20 heavy (non-hydrogen) atoms. The second-order valence-electron chi connectivity index (χ2n) is 5.10. The normalized spacial score (nSPS) is 21.8. The van der Waals surface area contributed by atoms with Crippen LogP contribution in [0.2, 0.25) is 0 Å². The van der Waals surface area contributed by atoms with Gasteiger partial charge in [-0.15, -0.1) is 0 Å². The van der Waals surface area contributed by atoms with Crippen molar-refractivity contribution in [2.45, 2.75) is 32.0 Å². The number of carbonyl (C=O) groups excluding carboxylic acids is 1. The van der Waals surface area contributed by atoms with E-state index in [2.05, 4.69) is 12.1 Å². The Labute approximate surface area is 118 Å². The number of Topliss-reactive ketones (excluding diaryl/α,β-unsaturated/α-hetero) is 1.